The number of thioether (sulfide) groups is 1. The summed E-state index contributed by atoms with van der Waals surface area (Å²) in [5, 5.41) is 2.52. The van der Waals surface area contributed by atoms with Gasteiger partial charge in [0.05, 0.1) is 16.1 Å². The number of hydrogen-bond donors (Lipinski definition) is 1. The maximum Gasteiger partial charge on any atom is 0.290 e. The van der Waals surface area contributed by atoms with Gasteiger partial charge in [0.15, 0.2) is 0 Å². The first-order chi connectivity index (χ1) is 16.0. The Balaban J connectivity index is 1.49. The number of aromatic nitrogens is 2. The highest BCUT2D eigenvalue weighted by Crippen LogP contribution is 2.32. The van der Waals surface area contributed by atoms with Crippen LogP contribution in [0.2, 0.25) is 0 Å². The maximum atomic E-state index is 15.3. The van der Waals surface area contributed by atoms with Crippen molar-refractivity contribution in [2.45, 2.75) is 6.92 Å². The Morgan fingerprint density at radius 3 is 2.61 bits per heavy atom. The van der Waals surface area contributed by atoms with Crippen LogP contribution in [0.15, 0.2) is 47.6 Å². The highest BCUT2D eigenvalue weighted by atomic mass is 32.2. The van der Waals surface area contributed by atoms with Crippen LogP contribution in [-0.2, 0) is 4.79 Å². The van der Waals surface area contributed by atoms with Gasteiger partial charge in [-0.3, -0.25) is 14.9 Å². The molecule has 0 atom stereocenters. The number of benzene rings is 2. The van der Waals surface area contributed by atoms with Gasteiger partial charge in [0.1, 0.15) is 12.1 Å². The number of rotatable bonds is 4. The molecule has 0 aliphatic carbocycles. The molecule has 0 spiro atoms. The second-order valence-corrected chi connectivity index (χ2v) is 8.95. The lowest BCUT2D eigenvalue weighted by molar-refractivity contribution is -0.115. The molecule has 2 aliphatic heterocycles. The highest BCUT2D eigenvalue weighted by Gasteiger charge is 2.25. The maximum absolute atomic E-state index is 15.3. The third kappa shape index (κ3) is 4.34. The molecule has 2 aromatic carbocycles. The minimum atomic E-state index is -0.420. The molecule has 2 fully saturated rings. The summed E-state index contributed by atoms with van der Waals surface area (Å²) in [7, 11) is 0. The number of anilines is 1. The Kier molecular flexibility index (Phi) is 5.82. The van der Waals surface area contributed by atoms with Gasteiger partial charge in [-0.2, -0.15) is 0 Å². The first kappa shape index (κ1) is 21.5. The van der Waals surface area contributed by atoms with E-state index in [1.54, 1.807) is 30.3 Å². The molecule has 168 valence electrons. The quantitative estimate of drug-likeness (QED) is 0.588. The van der Waals surface area contributed by atoms with Crippen LogP contribution < -0.4 is 10.2 Å². The number of carbonyl (C=O) groups excluding carboxylic acids is 2. The molecule has 7 nitrogen and oxygen atoms in total. The number of fused-ring (bicyclic) bond motifs is 1. The fourth-order valence-electron chi connectivity index (χ4n) is 4.17. The normalized spacial score (nSPS) is 18.4. The summed E-state index contributed by atoms with van der Waals surface area (Å²) in [5.74, 6) is -0.762. The number of hydrogen-bond acceptors (Lipinski definition) is 7. The van der Waals surface area contributed by atoms with Crippen LogP contribution >= 0.6 is 11.8 Å². The van der Waals surface area contributed by atoms with Crippen molar-refractivity contribution >= 4 is 45.6 Å². The number of amides is 2. The molecule has 0 saturated carbocycles. The molecular formula is C24H22FN5O2S. The summed E-state index contributed by atoms with van der Waals surface area (Å²) < 4.78 is 15.3. The van der Waals surface area contributed by atoms with Gasteiger partial charge >= 0.3 is 0 Å². The van der Waals surface area contributed by atoms with E-state index < -0.39 is 11.1 Å². The van der Waals surface area contributed by atoms with Gasteiger partial charge in [0.25, 0.3) is 11.1 Å². The number of nitrogens with one attached hydrogen (secondary N) is 1. The molecule has 33 heavy (non-hydrogen) atoms. The molecule has 0 bridgehead atoms. The zero-order valence-electron chi connectivity index (χ0n) is 18.0. The molecule has 2 aliphatic rings. The summed E-state index contributed by atoms with van der Waals surface area (Å²) in [6.07, 6.45) is 3.06. The minimum absolute atomic E-state index is 0.316. The van der Waals surface area contributed by atoms with Crippen LogP contribution in [0, 0.1) is 5.82 Å². The second-order valence-electron chi connectivity index (χ2n) is 7.94. The Hall–Kier alpha value is -3.30. The molecule has 0 unspecified atom stereocenters. The molecular weight excluding hydrogens is 441 g/mol. The molecule has 2 saturated heterocycles. The van der Waals surface area contributed by atoms with Crippen LogP contribution in [0.3, 0.4) is 0 Å². The number of imide groups is 1. The fourth-order valence-corrected chi connectivity index (χ4v) is 4.85. The Morgan fingerprint density at radius 2 is 1.91 bits per heavy atom. The number of carbonyl (C=O) groups is 2. The summed E-state index contributed by atoms with van der Waals surface area (Å²) in [4.78, 5) is 36.9. The van der Waals surface area contributed by atoms with Crippen molar-refractivity contribution in [1.82, 2.24) is 20.2 Å². The largest absolute Gasteiger partial charge is 0.369 e. The van der Waals surface area contributed by atoms with Crippen molar-refractivity contribution in [3.8, 4) is 11.3 Å². The average molecular weight is 464 g/mol. The summed E-state index contributed by atoms with van der Waals surface area (Å²) in [6.45, 7) is 6.86. The molecule has 9 heteroatoms. The number of likely N-dealkylation sites (N-methyl/N-ethyl adjacent to an activating group) is 1. The predicted molar refractivity (Wildman–Crippen MR) is 128 cm³/mol. The van der Waals surface area contributed by atoms with Crippen molar-refractivity contribution in [3.63, 3.8) is 0 Å². The third-order valence-electron chi connectivity index (χ3n) is 5.99. The first-order valence-electron chi connectivity index (χ1n) is 10.8. The molecule has 1 N–H and O–H groups in total. The van der Waals surface area contributed by atoms with Crippen molar-refractivity contribution in [1.29, 1.82) is 0 Å². The van der Waals surface area contributed by atoms with Gasteiger partial charge < -0.3 is 9.80 Å². The van der Waals surface area contributed by atoms with Gasteiger partial charge in [0.2, 0.25) is 0 Å². The molecule has 2 amide bonds. The van der Waals surface area contributed by atoms with Crippen LogP contribution in [-0.4, -0.2) is 58.7 Å². The van der Waals surface area contributed by atoms with E-state index in [2.05, 4.69) is 32.0 Å². The van der Waals surface area contributed by atoms with Gasteiger partial charge in [-0.15, -0.1) is 0 Å². The van der Waals surface area contributed by atoms with E-state index in [1.807, 2.05) is 12.1 Å². The van der Waals surface area contributed by atoms with Crippen LogP contribution in [0.5, 0.6) is 0 Å². The zero-order valence-corrected chi connectivity index (χ0v) is 18.9. The predicted octanol–water partition coefficient (Wildman–Crippen LogP) is 3.90. The first-order valence-corrected chi connectivity index (χ1v) is 11.6. The van der Waals surface area contributed by atoms with Crippen molar-refractivity contribution in [3.05, 3.63) is 59.0 Å². The van der Waals surface area contributed by atoms with Gasteiger partial charge in [-0.1, -0.05) is 13.0 Å². The van der Waals surface area contributed by atoms with Gasteiger partial charge in [-0.25, -0.2) is 14.4 Å². The van der Waals surface area contributed by atoms with Gasteiger partial charge in [0, 0.05) is 42.8 Å². The highest BCUT2D eigenvalue weighted by molar-refractivity contribution is 8.18. The molecule has 3 aromatic rings. The number of nitrogens with zero attached hydrogens (tertiary/aromatic N) is 4. The van der Waals surface area contributed by atoms with Crippen molar-refractivity contribution in [2.75, 3.05) is 37.6 Å². The fraction of sp³-hybridized carbons (Fsp3) is 0.250. The Bertz CT molecular complexity index is 1290. The Labute approximate surface area is 194 Å². The van der Waals surface area contributed by atoms with E-state index in [0.717, 1.165) is 50.2 Å². The van der Waals surface area contributed by atoms with E-state index in [4.69, 9.17) is 0 Å². The minimum Gasteiger partial charge on any atom is -0.369 e. The van der Waals surface area contributed by atoms with Crippen molar-refractivity contribution in [2.24, 2.45) is 0 Å². The Morgan fingerprint density at radius 1 is 1.09 bits per heavy atom. The molecule has 0 radical (unpaired) electrons. The standard InChI is InChI=1S/C24H22FN5O2S/c1-2-29-7-9-30(10-8-29)16-4-5-17(19(25)13-16)22-18-11-15(3-6-20(18)26-14-27-22)12-21-23(31)28-24(32)33-21/h3-6,11-14H,2,7-10H2,1H3,(H,28,31,32). The second kappa shape index (κ2) is 8.92. The van der Waals surface area contributed by atoms with E-state index in [9.17, 15) is 9.59 Å². The molecule has 5 rings (SSSR count). The van der Waals surface area contributed by atoms with Crippen molar-refractivity contribution < 1.29 is 14.0 Å². The summed E-state index contributed by atoms with van der Waals surface area (Å²) in [6, 6.07) is 10.7. The van der Waals surface area contributed by atoms with E-state index in [1.165, 1.54) is 6.33 Å². The third-order valence-corrected chi connectivity index (χ3v) is 6.80. The van der Waals surface area contributed by atoms with E-state index in [0.29, 0.717) is 32.6 Å². The summed E-state index contributed by atoms with van der Waals surface area (Å²) in [5.41, 5.74) is 3.12. The van der Waals surface area contributed by atoms with Crippen LogP contribution in [0.4, 0.5) is 14.9 Å². The smallest absolute Gasteiger partial charge is 0.290 e. The monoisotopic (exact) mass is 463 g/mol. The summed E-state index contributed by atoms with van der Waals surface area (Å²) >= 11 is 0.856. The van der Waals surface area contributed by atoms with E-state index >= 15 is 4.39 Å². The lowest BCUT2D eigenvalue weighted by Gasteiger charge is -2.35. The topological polar surface area (TPSA) is 78.4 Å². The number of piperazine rings is 1. The van der Waals surface area contributed by atoms with Crippen LogP contribution in [0.25, 0.3) is 28.2 Å². The average Bonchev–Trinajstić information content (AvgIpc) is 3.15. The van der Waals surface area contributed by atoms with E-state index in [-0.39, 0.29) is 5.82 Å². The molecule has 3 heterocycles. The van der Waals surface area contributed by atoms with Gasteiger partial charge in [-0.05, 0) is 60.3 Å². The zero-order chi connectivity index (χ0) is 22.9. The number of halogens is 1. The molecule has 1 aromatic heterocycles. The lowest BCUT2D eigenvalue weighted by Crippen LogP contribution is -2.46. The van der Waals surface area contributed by atoms with Crippen LogP contribution in [0.1, 0.15) is 12.5 Å². The SMILES string of the molecule is CCN1CCN(c2ccc(-c3ncnc4ccc(C=C5SC(=O)NC5=O)cc34)c(F)c2)CC1. The lowest BCUT2D eigenvalue weighted by atomic mass is 10.0.